The summed E-state index contributed by atoms with van der Waals surface area (Å²) >= 11 is 5.23. The number of nitrogens with zero attached hydrogens (tertiary/aromatic N) is 1. The zero-order chi connectivity index (χ0) is 6.78. The third kappa shape index (κ3) is 2.64. The Morgan fingerprint density at radius 2 is 2.12 bits per heavy atom. The number of alkyl halides is 1. The number of halogens is 1. The first-order valence-corrected chi connectivity index (χ1v) is 4.26. The Kier molecular flexibility index (Phi) is 2.94. The standard InChI is InChI=1S/C2H9ClN3OP/c1-6(2-3)8(4,5)7/h2H2,1H3,(H4,4,5,7). The van der Waals surface area contributed by atoms with Crippen molar-refractivity contribution in [3.8, 4) is 0 Å². The Balaban J connectivity index is 3.82. The van der Waals surface area contributed by atoms with Crippen molar-refractivity contribution in [2.45, 2.75) is 0 Å². The van der Waals surface area contributed by atoms with E-state index in [9.17, 15) is 4.57 Å². The topological polar surface area (TPSA) is 72.3 Å². The van der Waals surface area contributed by atoms with Crippen molar-refractivity contribution in [1.82, 2.24) is 4.67 Å². The smallest absolute Gasteiger partial charge is 0.271 e. The molecule has 0 heterocycles. The van der Waals surface area contributed by atoms with Gasteiger partial charge in [0.2, 0.25) is 0 Å². The monoisotopic (exact) mass is 157 g/mol. The molecule has 0 spiro atoms. The van der Waals surface area contributed by atoms with Crippen molar-refractivity contribution < 1.29 is 4.57 Å². The molecule has 0 radical (unpaired) electrons. The van der Waals surface area contributed by atoms with E-state index in [-0.39, 0.29) is 6.00 Å². The second-order valence-corrected chi connectivity index (χ2v) is 3.72. The first-order chi connectivity index (χ1) is 3.48. The van der Waals surface area contributed by atoms with Gasteiger partial charge in [0.05, 0.1) is 6.00 Å². The molecule has 0 aromatic heterocycles. The van der Waals surface area contributed by atoms with Crippen LogP contribution in [-0.2, 0) is 4.57 Å². The highest BCUT2D eigenvalue weighted by Crippen LogP contribution is 2.28. The van der Waals surface area contributed by atoms with Gasteiger partial charge in [-0.2, -0.15) is 0 Å². The van der Waals surface area contributed by atoms with Crippen molar-refractivity contribution in [3.63, 3.8) is 0 Å². The average Bonchev–Trinajstić information content (AvgIpc) is 1.62. The lowest BCUT2D eigenvalue weighted by molar-refractivity contribution is 0.508. The van der Waals surface area contributed by atoms with E-state index in [1.807, 2.05) is 0 Å². The second kappa shape index (κ2) is 2.80. The van der Waals surface area contributed by atoms with Crippen LogP contribution < -0.4 is 11.0 Å². The summed E-state index contributed by atoms with van der Waals surface area (Å²) in [4.78, 5) is 0. The molecule has 8 heavy (non-hydrogen) atoms. The van der Waals surface area contributed by atoms with Gasteiger partial charge in [-0.25, -0.2) is 4.67 Å². The summed E-state index contributed by atoms with van der Waals surface area (Å²) in [7, 11) is -1.56. The Morgan fingerprint density at radius 1 is 1.75 bits per heavy atom. The highest BCUT2D eigenvalue weighted by molar-refractivity contribution is 7.56. The van der Waals surface area contributed by atoms with Crippen molar-refractivity contribution >= 4 is 19.2 Å². The largest absolute Gasteiger partial charge is 0.277 e. The summed E-state index contributed by atoms with van der Waals surface area (Å²) in [6, 6.07) is 0.0876. The van der Waals surface area contributed by atoms with Gasteiger partial charge in [0, 0.05) is 0 Å². The van der Waals surface area contributed by atoms with E-state index in [4.69, 9.17) is 22.6 Å². The lowest BCUT2D eigenvalue weighted by atomic mass is 11.3. The number of hydrogen-bond donors (Lipinski definition) is 2. The Bertz CT molecular complexity index is 112. The van der Waals surface area contributed by atoms with Crippen LogP contribution in [-0.4, -0.2) is 17.7 Å². The molecule has 4 N–H and O–H groups in total. The van der Waals surface area contributed by atoms with Gasteiger partial charge in [-0.1, -0.05) is 0 Å². The van der Waals surface area contributed by atoms with E-state index in [2.05, 4.69) is 0 Å². The van der Waals surface area contributed by atoms with Gasteiger partial charge in [-0.3, -0.25) is 15.6 Å². The van der Waals surface area contributed by atoms with Crippen LogP contribution in [0.25, 0.3) is 0 Å². The van der Waals surface area contributed by atoms with Gasteiger partial charge >= 0.3 is 0 Å². The molecule has 0 bridgehead atoms. The Labute approximate surface area is 53.3 Å². The van der Waals surface area contributed by atoms with Gasteiger partial charge in [-0.05, 0) is 7.05 Å². The molecule has 0 saturated heterocycles. The van der Waals surface area contributed by atoms with Crippen LogP contribution in [0.5, 0.6) is 0 Å². The normalized spacial score (nSPS) is 12.6. The third-order valence-electron chi connectivity index (χ3n) is 0.707. The minimum atomic E-state index is -3.06. The predicted octanol–water partition coefficient (Wildman–Crippen LogP) is 0.140. The number of rotatable bonds is 2. The molecule has 4 nitrogen and oxygen atoms in total. The van der Waals surface area contributed by atoms with Crippen LogP contribution in [0, 0.1) is 0 Å². The Hall–Kier alpha value is 0.400. The minimum absolute atomic E-state index is 0.0876. The maximum absolute atomic E-state index is 10.5. The van der Waals surface area contributed by atoms with Crippen LogP contribution in [0.4, 0.5) is 0 Å². The van der Waals surface area contributed by atoms with Crippen molar-refractivity contribution in [3.05, 3.63) is 0 Å². The number of hydrogen-bond acceptors (Lipinski definition) is 1. The van der Waals surface area contributed by atoms with E-state index in [0.717, 1.165) is 0 Å². The van der Waals surface area contributed by atoms with Crippen molar-refractivity contribution in [1.29, 1.82) is 0 Å². The van der Waals surface area contributed by atoms with Gasteiger partial charge in [-0.15, -0.1) is 11.6 Å². The molecule has 0 fully saturated rings. The van der Waals surface area contributed by atoms with E-state index in [1.165, 1.54) is 11.7 Å². The quantitative estimate of drug-likeness (QED) is 0.340. The fourth-order valence-corrected chi connectivity index (χ4v) is 0.752. The lowest BCUT2D eigenvalue weighted by Crippen LogP contribution is -2.23. The van der Waals surface area contributed by atoms with Crippen molar-refractivity contribution in [2.24, 2.45) is 11.0 Å². The molecule has 0 amide bonds. The molecule has 0 aliphatic rings. The van der Waals surface area contributed by atoms with E-state index < -0.39 is 7.59 Å². The van der Waals surface area contributed by atoms with Crippen LogP contribution in [0.2, 0.25) is 0 Å². The summed E-state index contributed by atoms with van der Waals surface area (Å²) in [5.74, 6) is 0. The van der Waals surface area contributed by atoms with Gasteiger partial charge in [0.15, 0.2) is 0 Å². The summed E-state index contributed by atoms with van der Waals surface area (Å²) in [5.41, 5.74) is 9.93. The van der Waals surface area contributed by atoms with E-state index >= 15 is 0 Å². The van der Waals surface area contributed by atoms with Crippen LogP contribution >= 0.6 is 19.2 Å². The molecule has 0 saturated carbocycles. The molecule has 0 aliphatic carbocycles. The molecule has 0 aromatic rings. The van der Waals surface area contributed by atoms with E-state index in [0.29, 0.717) is 0 Å². The minimum Gasteiger partial charge on any atom is -0.271 e. The van der Waals surface area contributed by atoms with Gasteiger partial charge < -0.3 is 0 Å². The molecule has 0 rings (SSSR count). The molecular formula is C2H9ClN3OP. The lowest BCUT2D eigenvalue weighted by Gasteiger charge is -2.15. The molecule has 0 unspecified atom stereocenters. The fraction of sp³-hybridized carbons (Fsp3) is 1.00. The fourth-order valence-electron chi connectivity index (χ4n) is 0.0835. The highest BCUT2D eigenvalue weighted by atomic mass is 35.5. The first kappa shape index (κ1) is 8.40. The second-order valence-electron chi connectivity index (χ2n) is 1.45. The Morgan fingerprint density at radius 3 is 2.12 bits per heavy atom. The van der Waals surface area contributed by atoms with Gasteiger partial charge in [0.25, 0.3) is 7.59 Å². The highest BCUT2D eigenvalue weighted by Gasteiger charge is 2.13. The number of nitrogens with two attached hydrogens (primary N) is 2. The van der Waals surface area contributed by atoms with Crippen molar-refractivity contribution in [2.75, 3.05) is 13.1 Å². The van der Waals surface area contributed by atoms with Crippen LogP contribution in [0.15, 0.2) is 0 Å². The molecule has 0 atom stereocenters. The zero-order valence-corrected chi connectivity index (χ0v) is 6.19. The summed E-state index contributed by atoms with van der Waals surface area (Å²) in [5, 5.41) is 0. The summed E-state index contributed by atoms with van der Waals surface area (Å²) in [6.45, 7) is 0. The predicted molar refractivity (Wildman–Crippen MR) is 34.5 cm³/mol. The molecule has 50 valence electrons. The molecular weight excluding hydrogens is 148 g/mol. The van der Waals surface area contributed by atoms with Crippen LogP contribution in [0.1, 0.15) is 0 Å². The van der Waals surface area contributed by atoms with Crippen LogP contribution in [0.3, 0.4) is 0 Å². The molecule has 6 heteroatoms. The third-order valence-corrected chi connectivity index (χ3v) is 2.44. The summed E-state index contributed by atoms with van der Waals surface area (Å²) < 4.78 is 11.7. The van der Waals surface area contributed by atoms with E-state index in [1.54, 1.807) is 0 Å². The maximum Gasteiger partial charge on any atom is 0.277 e. The summed E-state index contributed by atoms with van der Waals surface area (Å²) in [6.07, 6.45) is 0. The maximum atomic E-state index is 10.5. The SMILES string of the molecule is CN(CCl)P(N)(N)=O. The molecule has 0 aliphatic heterocycles. The zero-order valence-electron chi connectivity index (χ0n) is 4.54. The molecule has 0 aromatic carbocycles. The van der Waals surface area contributed by atoms with Gasteiger partial charge in [0.1, 0.15) is 0 Å². The average molecular weight is 158 g/mol. The first-order valence-electron chi connectivity index (χ1n) is 1.93.